The first-order valence-corrected chi connectivity index (χ1v) is 7.14. The molecule has 5 heteroatoms. The summed E-state index contributed by atoms with van der Waals surface area (Å²) >= 11 is 0. The molecule has 1 aromatic carbocycles. The van der Waals surface area contributed by atoms with E-state index in [2.05, 4.69) is 5.32 Å². The summed E-state index contributed by atoms with van der Waals surface area (Å²) in [5.41, 5.74) is 1.69. The van der Waals surface area contributed by atoms with Gasteiger partial charge in [0.25, 0.3) is 5.91 Å². The number of hydrogen-bond donors (Lipinski definition) is 1. The maximum absolute atomic E-state index is 12.0. The summed E-state index contributed by atoms with van der Waals surface area (Å²) in [6.07, 6.45) is 0.794. The van der Waals surface area contributed by atoms with Gasteiger partial charge < -0.3 is 15.0 Å². The van der Waals surface area contributed by atoms with Crippen molar-refractivity contribution in [2.24, 2.45) is 0 Å². The fraction of sp³-hybridized carbons (Fsp3) is 0.500. The molecule has 0 atom stereocenters. The summed E-state index contributed by atoms with van der Waals surface area (Å²) in [4.78, 5) is 25.2. The molecule has 0 spiro atoms. The van der Waals surface area contributed by atoms with Crippen LogP contribution in [0.15, 0.2) is 24.3 Å². The molecule has 0 aliphatic heterocycles. The van der Waals surface area contributed by atoms with E-state index in [-0.39, 0.29) is 11.8 Å². The van der Waals surface area contributed by atoms with E-state index in [9.17, 15) is 9.59 Å². The third-order valence-corrected chi connectivity index (χ3v) is 3.17. The van der Waals surface area contributed by atoms with Gasteiger partial charge in [-0.2, -0.15) is 0 Å². The number of carbonyl (C=O) groups is 2. The van der Waals surface area contributed by atoms with Crippen LogP contribution >= 0.6 is 0 Å². The molecule has 0 heterocycles. The molecule has 116 valence electrons. The van der Waals surface area contributed by atoms with Crippen LogP contribution in [0.4, 0.5) is 0 Å². The molecule has 21 heavy (non-hydrogen) atoms. The molecule has 1 N–H and O–H groups in total. The number of nitrogens with one attached hydrogen (secondary N) is 1. The number of aryl methyl sites for hydroxylation is 1. The van der Waals surface area contributed by atoms with E-state index in [1.165, 1.54) is 6.92 Å². The molecule has 0 unspecified atom stereocenters. The average Bonchev–Trinajstić information content (AvgIpc) is 2.45. The Morgan fingerprint density at radius 1 is 1.29 bits per heavy atom. The molecule has 5 nitrogen and oxygen atoms in total. The molecular formula is C16H24N2O3. The predicted molar refractivity (Wildman–Crippen MR) is 82.3 cm³/mol. The maximum atomic E-state index is 12.0. The van der Waals surface area contributed by atoms with E-state index < -0.39 is 0 Å². The molecular weight excluding hydrogens is 268 g/mol. The highest BCUT2D eigenvalue weighted by Crippen LogP contribution is 2.03. The first kappa shape index (κ1) is 17.2. The molecule has 0 aliphatic carbocycles. The van der Waals surface area contributed by atoms with Crippen molar-refractivity contribution in [1.82, 2.24) is 10.2 Å². The largest absolute Gasteiger partial charge is 0.385 e. The zero-order chi connectivity index (χ0) is 15.7. The minimum absolute atomic E-state index is 0.0101. The number of carbonyl (C=O) groups excluding carboxylic acids is 2. The van der Waals surface area contributed by atoms with Crippen LogP contribution in [-0.2, 0) is 9.53 Å². The second kappa shape index (κ2) is 9.13. The van der Waals surface area contributed by atoms with E-state index in [4.69, 9.17) is 4.74 Å². The van der Waals surface area contributed by atoms with E-state index in [0.29, 0.717) is 31.8 Å². The third kappa shape index (κ3) is 6.40. The summed E-state index contributed by atoms with van der Waals surface area (Å²) in [6.45, 7) is 5.71. The fourth-order valence-corrected chi connectivity index (χ4v) is 2.02. The highest BCUT2D eigenvalue weighted by Gasteiger charge is 2.09. The van der Waals surface area contributed by atoms with E-state index in [1.54, 1.807) is 18.1 Å². The van der Waals surface area contributed by atoms with Crippen molar-refractivity contribution in [3.63, 3.8) is 0 Å². The summed E-state index contributed by atoms with van der Waals surface area (Å²) in [7, 11) is 1.64. The van der Waals surface area contributed by atoms with Gasteiger partial charge in [0.15, 0.2) is 0 Å². The molecule has 2 amide bonds. The Labute approximate surface area is 126 Å². The standard InChI is InChI=1S/C16H24N2O3/c1-13-6-4-7-15(12-13)16(20)17-8-10-18(14(2)19)9-5-11-21-3/h4,6-7,12H,5,8-11H2,1-3H3,(H,17,20). The monoisotopic (exact) mass is 292 g/mol. The van der Waals surface area contributed by atoms with Gasteiger partial charge in [-0.15, -0.1) is 0 Å². The number of methoxy groups -OCH3 is 1. The van der Waals surface area contributed by atoms with Crippen molar-refractivity contribution in [2.45, 2.75) is 20.3 Å². The highest BCUT2D eigenvalue weighted by atomic mass is 16.5. The van der Waals surface area contributed by atoms with Crippen LogP contribution in [-0.4, -0.2) is 50.1 Å². The van der Waals surface area contributed by atoms with Crippen LogP contribution in [0.25, 0.3) is 0 Å². The second-order valence-electron chi connectivity index (χ2n) is 4.98. The van der Waals surface area contributed by atoms with Crippen LogP contribution in [0.3, 0.4) is 0 Å². The van der Waals surface area contributed by atoms with Crippen LogP contribution in [0.2, 0.25) is 0 Å². The van der Waals surface area contributed by atoms with Gasteiger partial charge >= 0.3 is 0 Å². The summed E-state index contributed by atoms with van der Waals surface area (Å²) in [6, 6.07) is 7.43. The zero-order valence-electron chi connectivity index (χ0n) is 13.0. The molecule has 0 bridgehead atoms. The molecule has 0 fully saturated rings. The quantitative estimate of drug-likeness (QED) is 0.741. The van der Waals surface area contributed by atoms with Crippen LogP contribution in [0, 0.1) is 6.92 Å². The number of benzene rings is 1. The molecule has 0 saturated carbocycles. The SMILES string of the molecule is COCCCN(CCNC(=O)c1cccc(C)c1)C(C)=O. The van der Waals surface area contributed by atoms with Crippen molar-refractivity contribution in [3.8, 4) is 0 Å². The lowest BCUT2D eigenvalue weighted by Crippen LogP contribution is -2.38. The molecule has 0 saturated heterocycles. The number of nitrogens with zero attached hydrogens (tertiary/aromatic N) is 1. The first-order valence-electron chi connectivity index (χ1n) is 7.14. The normalized spacial score (nSPS) is 10.2. The Balaban J connectivity index is 2.39. The van der Waals surface area contributed by atoms with Gasteiger partial charge in [-0.25, -0.2) is 0 Å². The molecule has 0 aromatic heterocycles. The lowest BCUT2D eigenvalue weighted by atomic mass is 10.1. The average molecular weight is 292 g/mol. The number of hydrogen-bond acceptors (Lipinski definition) is 3. The van der Waals surface area contributed by atoms with Gasteiger partial charge in [-0.1, -0.05) is 17.7 Å². The van der Waals surface area contributed by atoms with Crippen molar-refractivity contribution in [3.05, 3.63) is 35.4 Å². The molecule has 0 radical (unpaired) electrons. The van der Waals surface area contributed by atoms with Crippen molar-refractivity contribution in [2.75, 3.05) is 33.4 Å². The molecule has 1 rings (SSSR count). The Morgan fingerprint density at radius 3 is 2.67 bits per heavy atom. The van der Waals surface area contributed by atoms with Gasteiger partial charge in [0, 0.05) is 45.8 Å². The van der Waals surface area contributed by atoms with Gasteiger partial charge in [0.1, 0.15) is 0 Å². The number of rotatable bonds is 8. The molecule has 0 aliphatic rings. The number of amides is 2. The van der Waals surface area contributed by atoms with Crippen LogP contribution in [0.1, 0.15) is 29.3 Å². The highest BCUT2D eigenvalue weighted by molar-refractivity contribution is 5.94. The minimum Gasteiger partial charge on any atom is -0.385 e. The van der Waals surface area contributed by atoms with Crippen molar-refractivity contribution < 1.29 is 14.3 Å². The number of ether oxygens (including phenoxy) is 1. The van der Waals surface area contributed by atoms with Crippen molar-refractivity contribution >= 4 is 11.8 Å². The van der Waals surface area contributed by atoms with Crippen molar-refractivity contribution in [1.29, 1.82) is 0 Å². The lowest BCUT2D eigenvalue weighted by Gasteiger charge is -2.21. The minimum atomic E-state index is -0.112. The first-order chi connectivity index (χ1) is 10.0. The summed E-state index contributed by atoms with van der Waals surface area (Å²) < 4.78 is 4.98. The van der Waals surface area contributed by atoms with Crippen LogP contribution < -0.4 is 5.32 Å². The Kier molecular flexibility index (Phi) is 7.46. The summed E-state index contributed by atoms with van der Waals surface area (Å²) in [5, 5.41) is 2.84. The van der Waals surface area contributed by atoms with E-state index in [1.807, 2.05) is 25.1 Å². The smallest absolute Gasteiger partial charge is 0.251 e. The third-order valence-electron chi connectivity index (χ3n) is 3.17. The Bertz CT molecular complexity index is 474. The summed E-state index contributed by atoms with van der Waals surface area (Å²) in [5.74, 6) is -0.102. The van der Waals surface area contributed by atoms with Gasteiger partial charge in [0.05, 0.1) is 0 Å². The van der Waals surface area contributed by atoms with Gasteiger partial charge in [0.2, 0.25) is 5.91 Å². The van der Waals surface area contributed by atoms with E-state index in [0.717, 1.165) is 12.0 Å². The maximum Gasteiger partial charge on any atom is 0.251 e. The van der Waals surface area contributed by atoms with E-state index >= 15 is 0 Å². The van der Waals surface area contributed by atoms with Gasteiger partial charge in [-0.05, 0) is 25.5 Å². The second-order valence-corrected chi connectivity index (χ2v) is 4.98. The predicted octanol–water partition coefficient (Wildman–Crippen LogP) is 1.61. The fourth-order valence-electron chi connectivity index (χ4n) is 2.02. The Hall–Kier alpha value is -1.88. The van der Waals surface area contributed by atoms with Crippen LogP contribution in [0.5, 0.6) is 0 Å². The lowest BCUT2D eigenvalue weighted by molar-refractivity contribution is -0.129. The topological polar surface area (TPSA) is 58.6 Å². The Morgan fingerprint density at radius 2 is 2.05 bits per heavy atom. The van der Waals surface area contributed by atoms with Gasteiger partial charge in [-0.3, -0.25) is 9.59 Å². The molecule has 1 aromatic rings. The zero-order valence-corrected chi connectivity index (χ0v) is 13.0.